The number of rotatable bonds is 6. The van der Waals surface area contributed by atoms with Crippen LogP contribution < -0.4 is 5.32 Å². The van der Waals surface area contributed by atoms with E-state index in [1.807, 2.05) is 11.7 Å². The van der Waals surface area contributed by atoms with Crippen molar-refractivity contribution in [2.45, 2.75) is 52.5 Å². The van der Waals surface area contributed by atoms with Crippen molar-refractivity contribution < 1.29 is 0 Å². The molecule has 1 heterocycles. The second kappa shape index (κ2) is 6.04. The van der Waals surface area contributed by atoms with Crippen LogP contribution in [0.3, 0.4) is 0 Å². The molecule has 0 saturated heterocycles. The number of aromatic nitrogens is 2. The van der Waals surface area contributed by atoms with Crippen molar-refractivity contribution >= 4 is 0 Å². The van der Waals surface area contributed by atoms with E-state index in [-0.39, 0.29) is 0 Å². The minimum Gasteiger partial charge on any atom is -0.317 e. The van der Waals surface area contributed by atoms with Crippen LogP contribution in [-0.4, -0.2) is 22.9 Å². The van der Waals surface area contributed by atoms with Crippen molar-refractivity contribution in [2.75, 3.05) is 7.05 Å². The lowest BCUT2D eigenvalue weighted by molar-refractivity contribution is 0.483. The predicted octanol–water partition coefficient (Wildman–Crippen LogP) is 2.36. The maximum absolute atomic E-state index is 4.46. The van der Waals surface area contributed by atoms with Crippen molar-refractivity contribution in [1.29, 1.82) is 0 Å². The molecule has 0 radical (unpaired) electrons. The van der Waals surface area contributed by atoms with Gasteiger partial charge in [0.05, 0.1) is 5.69 Å². The first-order valence-corrected chi connectivity index (χ1v) is 6.26. The third-order valence-electron chi connectivity index (χ3n) is 3.45. The van der Waals surface area contributed by atoms with Gasteiger partial charge in [-0.1, -0.05) is 13.3 Å². The first-order chi connectivity index (χ1) is 7.60. The molecule has 3 heteroatoms. The van der Waals surface area contributed by atoms with Crippen LogP contribution >= 0.6 is 0 Å². The van der Waals surface area contributed by atoms with Gasteiger partial charge in [0.25, 0.3) is 0 Å². The molecule has 1 aromatic rings. The van der Waals surface area contributed by atoms with Gasteiger partial charge in [0.2, 0.25) is 0 Å². The quantitative estimate of drug-likeness (QED) is 0.802. The maximum Gasteiger partial charge on any atom is 0.0628 e. The molecule has 1 aromatic heterocycles. The molecule has 3 nitrogen and oxygen atoms in total. The van der Waals surface area contributed by atoms with Crippen LogP contribution in [0, 0.1) is 13.8 Å². The standard InChI is InChI=1S/C13H25N3/c1-6-7-12(14-4)8-9-13-10(2)15-16(5)11(13)3/h12,14H,6-9H2,1-5H3. The summed E-state index contributed by atoms with van der Waals surface area (Å²) in [5.41, 5.74) is 3.93. The van der Waals surface area contributed by atoms with E-state index in [2.05, 4.69) is 38.2 Å². The average molecular weight is 223 g/mol. The van der Waals surface area contributed by atoms with Gasteiger partial charge in [0.15, 0.2) is 0 Å². The summed E-state index contributed by atoms with van der Waals surface area (Å²) in [4.78, 5) is 0. The summed E-state index contributed by atoms with van der Waals surface area (Å²) in [6, 6.07) is 0.643. The number of hydrogen-bond acceptors (Lipinski definition) is 2. The lowest BCUT2D eigenvalue weighted by Crippen LogP contribution is -2.25. The molecule has 0 aliphatic carbocycles. The molecule has 1 rings (SSSR count). The average Bonchev–Trinajstić information content (AvgIpc) is 2.49. The lowest BCUT2D eigenvalue weighted by Gasteiger charge is -2.14. The van der Waals surface area contributed by atoms with E-state index >= 15 is 0 Å². The molecule has 0 spiro atoms. The highest BCUT2D eigenvalue weighted by Crippen LogP contribution is 2.16. The molecule has 92 valence electrons. The molecule has 1 unspecified atom stereocenters. The van der Waals surface area contributed by atoms with E-state index in [0.717, 1.165) is 6.42 Å². The van der Waals surface area contributed by atoms with Gasteiger partial charge in [0.1, 0.15) is 0 Å². The third kappa shape index (κ3) is 3.08. The zero-order valence-corrected chi connectivity index (χ0v) is 11.3. The topological polar surface area (TPSA) is 29.9 Å². The van der Waals surface area contributed by atoms with Crippen molar-refractivity contribution in [3.63, 3.8) is 0 Å². The number of aryl methyl sites for hydroxylation is 2. The summed E-state index contributed by atoms with van der Waals surface area (Å²) < 4.78 is 1.98. The Labute approximate surface area is 99.2 Å². The van der Waals surface area contributed by atoms with E-state index in [0.29, 0.717) is 6.04 Å². The van der Waals surface area contributed by atoms with E-state index in [1.165, 1.54) is 36.2 Å². The van der Waals surface area contributed by atoms with E-state index in [4.69, 9.17) is 0 Å². The van der Waals surface area contributed by atoms with Crippen molar-refractivity contribution in [3.8, 4) is 0 Å². The normalized spacial score (nSPS) is 13.1. The molecular weight excluding hydrogens is 198 g/mol. The summed E-state index contributed by atoms with van der Waals surface area (Å²) in [6.07, 6.45) is 4.85. The Morgan fingerprint density at radius 2 is 2.00 bits per heavy atom. The van der Waals surface area contributed by atoms with Crippen LogP contribution in [0.5, 0.6) is 0 Å². The number of nitrogens with one attached hydrogen (secondary N) is 1. The fourth-order valence-electron chi connectivity index (χ4n) is 2.28. The van der Waals surface area contributed by atoms with Crippen LogP contribution in [-0.2, 0) is 13.5 Å². The highest BCUT2D eigenvalue weighted by atomic mass is 15.3. The fraction of sp³-hybridized carbons (Fsp3) is 0.769. The lowest BCUT2D eigenvalue weighted by atomic mass is 10.0. The molecule has 0 bridgehead atoms. The van der Waals surface area contributed by atoms with E-state index in [9.17, 15) is 0 Å². The van der Waals surface area contributed by atoms with Crippen molar-refractivity contribution in [2.24, 2.45) is 7.05 Å². The number of nitrogens with zero attached hydrogens (tertiary/aromatic N) is 2. The highest BCUT2D eigenvalue weighted by Gasteiger charge is 2.11. The summed E-state index contributed by atoms with van der Waals surface area (Å²) in [5, 5.41) is 7.85. The van der Waals surface area contributed by atoms with Gasteiger partial charge in [-0.3, -0.25) is 4.68 Å². The molecule has 0 aromatic carbocycles. The summed E-state index contributed by atoms with van der Waals surface area (Å²) in [5.74, 6) is 0. The Balaban J connectivity index is 2.59. The van der Waals surface area contributed by atoms with Crippen LogP contribution in [0.2, 0.25) is 0 Å². The fourth-order valence-corrected chi connectivity index (χ4v) is 2.28. The van der Waals surface area contributed by atoms with Crippen LogP contribution in [0.25, 0.3) is 0 Å². The minimum atomic E-state index is 0.643. The molecule has 16 heavy (non-hydrogen) atoms. The van der Waals surface area contributed by atoms with Crippen LogP contribution in [0.4, 0.5) is 0 Å². The summed E-state index contributed by atoms with van der Waals surface area (Å²) >= 11 is 0. The van der Waals surface area contributed by atoms with Crippen molar-refractivity contribution in [3.05, 3.63) is 17.0 Å². The van der Waals surface area contributed by atoms with Gasteiger partial charge in [-0.15, -0.1) is 0 Å². The van der Waals surface area contributed by atoms with Crippen LogP contribution in [0.15, 0.2) is 0 Å². The molecule has 0 aliphatic rings. The first kappa shape index (κ1) is 13.2. The maximum atomic E-state index is 4.46. The Hall–Kier alpha value is -0.830. The van der Waals surface area contributed by atoms with Gasteiger partial charge >= 0.3 is 0 Å². The second-order valence-electron chi connectivity index (χ2n) is 4.59. The minimum absolute atomic E-state index is 0.643. The monoisotopic (exact) mass is 223 g/mol. The predicted molar refractivity (Wildman–Crippen MR) is 68.8 cm³/mol. The summed E-state index contributed by atoms with van der Waals surface area (Å²) in [7, 11) is 4.08. The third-order valence-corrected chi connectivity index (χ3v) is 3.45. The Morgan fingerprint density at radius 1 is 1.31 bits per heavy atom. The smallest absolute Gasteiger partial charge is 0.0628 e. The van der Waals surface area contributed by atoms with Gasteiger partial charge < -0.3 is 5.32 Å². The van der Waals surface area contributed by atoms with Crippen LogP contribution in [0.1, 0.15) is 43.1 Å². The highest BCUT2D eigenvalue weighted by molar-refractivity contribution is 5.24. The molecule has 1 atom stereocenters. The molecular formula is C13H25N3. The van der Waals surface area contributed by atoms with Gasteiger partial charge in [-0.05, 0) is 45.7 Å². The number of hydrogen-bond donors (Lipinski definition) is 1. The zero-order chi connectivity index (χ0) is 12.1. The molecule has 0 saturated carbocycles. The molecule has 0 amide bonds. The van der Waals surface area contributed by atoms with Gasteiger partial charge in [-0.2, -0.15) is 5.10 Å². The molecule has 0 fully saturated rings. The van der Waals surface area contributed by atoms with E-state index < -0.39 is 0 Å². The Kier molecular flexibility index (Phi) is 5.00. The van der Waals surface area contributed by atoms with E-state index in [1.54, 1.807) is 0 Å². The Bertz CT molecular complexity index is 328. The molecule has 1 N–H and O–H groups in total. The summed E-state index contributed by atoms with van der Waals surface area (Å²) in [6.45, 7) is 6.50. The largest absolute Gasteiger partial charge is 0.317 e. The zero-order valence-electron chi connectivity index (χ0n) is 11.3. The van der Waals surface area contributed by atoms with Gasteiger partial charge in [0, 0.05) is 18.8 Å². The van der Waals surface area contributed by atoms with Crippen molar-refractivity contribution in [1.82, 2.24) is 15.1 Å². The SMILES string of the molecule is CCCC(CCc1c(C)nn(C)c1C)NC. The Morgan fingerprint density at radius 3 is 2.44 bits per heavy atom. The first-order valence-electron chi connectivity index (χ1n) is 6.26. The second-order valence-corrected chi connectivity index (χ2v) is 4.59. The van der Waals surface area contributed by atoms with Gasteiger partial charge in [-0.25, -0.2) is 0 Å². The molecule has 0 aliphatic heterocycles.